The van der Waals surface area contributed by atoms with Gasteiger partial charge < -0.3 is 10.2 Å². The van der Waals surface area contributed by atoms with E-state index in [1.165, 1.54) is 23.1 Å². The Kier molecular flexibility index (Phi) is 9.32. The third-order valence-corrected chi connectivity index (χ3v) is 8.07. The molecule has 190 valence electrons. The lowest BCUT2D eigenvalue weighted by atomic mass is 10.1. The van der Waals surface area contributed by atoms with Gasteiger partial charge >= 0.3 is 0 Å². The van der Waals surface area contributed by atoms with Crippen molar-refractivity contribution in [3.63, 3.8) is 0 Å². The van der Waals surface area contributed by atoms with Crippen LogP contribution in [-0.4, -0.2) is 50.0 Å². The van der Waals surface area contributed by atoms with Gasteiger partial charge in [0.05, 0.1) is 17.0 Å². The molecule has 11 heteroatoms. The van der Waals surface area contributed by atoms with E-state index in [2.05, 4.69) is 5.32 Å². The first-order valence-electron chi connectivity index (χ1n) is 11.2. The van der Waals surface area contributed by atoms with E-state index in [4.69, 9.17) is 34.8 Å². The Morgan fingerprint density at radius 2 is 1.71 bits per heavy atom. The summed E-state index contributed by atoms with van der Waals surface area (Å²) in [7, 11) is -3.92. The summed E-state index contributed by atoms with van der Waals surface area (Å²) in [4.78, 5) is 28.0. The molecule has 1 aliphatic carbocycles. The van der Waals surface area contributed by atoms with Crippen molar-refractivity contribution in [2.75, 3.05) is 17.1 Å². The molecule has 1 saturated carbocycles. The molecule has 1 unspecified atom stereocenters. The van der Waals surface area contributed by atoms with Gasteiger partial charge in [-0.1, -0.05) is 65.8 Å². The van der Waals surface area contributed by atoms with Gasteiger partial charge in [0.25, 0.3) is 0 Å². The first-order valence-corrected chi connectivity index (χ1v) is 14.2. The fraction of sp³-hybridized carbons (Fsp3) is 0.417. The van der Waals surface area contributed by atoms with Gasteiger partial charge in [-0.25, -0.2) is 8.42 Å². The lowest BCUT2D eigenvalue weighted by Crippen LogP contribution is -2.52. The van der Waals surface area contributed by atoms with Crippen molar-refractivity contribution >= 4 is 62.3 Å². The maximum absolute atomic E-state index is 13.6. The van der Waals surface area contributed by atoms with Gasteiger partial charge in [-0.3, -0.25) is 13.9 Å². The summed E-state index contributed by atoms with van der Waals surface area (Å²) < 4.78 is 26.2. The number of nitrogens with zero attached hydrogens (tertiary/aromatic N) is 2. The highest BCUT2D eigenvalue weighted by Crippen LogP contribution is 2.31. The van der Waals surface area contributed by atoms with Crippen LogP contribution < -0.4 is 9.62 Å². The zero-order valence-electron chi connectivity index (χ0n) is 19.5. The largest absolute Gasteiger partial charge is 0.352 e. The third-order valence-electron chi connectivity index (χ3n) is 6.02. The second kappa shape index (κ2) is 11.8. The second-order valence-electron chi connectivity index (χ2n) is 8.64. The first kappa shape index (κ1) is 27.6. The lowest BCUT2D eigenvalue weighted by molar-refractivity contribution is -0.139. The molecule has 1 atom stereocenters. The molecule has 1 fully saturated rings. The van der Waals surface area contributed by atoms with Crippen LogP contribution in [0, 0.1) is 0 Å². The minimum Gasteiger partial charge on any atom is -0.352 e. The van der Waals surface area contributed by atoms with E-state index in [0.29, 0.717) is 10.6 Å². The van der Waals surface area contributed by atoms with Crippen LogP contribution in [0.5, 0.6) is 0 Å². The summed E-state index contributed by atoms with van der Waals surface area (Å²) in [5, 5.41) is 3.84. The molecule has 2 aromatic carbocycles. The molecule has 2 amide bonds. The number of anilines is 1. The number of rotatable bonds is 9. The maximum Gasteiger partial charge on any atom is 0.244 e. The average Bonchev–Trinajstić information content (AvgIpc) is 3.30. The van der Waals surface area contributed by atoms with Gasteiger partial charge in [-0.05, 0) is 49.6 Å². The van der Waals surface area contributed by atoms with Crippen molar-refractivity contribution in [2.24, 2.45) is 0 Å². The summed E-state index contributed by atoms with van der Waals surface area (Å²) in [6.45, 7) is 1.08. The van der Waals surface area contributed by atoms with Gasteiger partial charge in [-0.15, -0.1) is 0 Å². The monoisotopic (exact) mass is 559 g/mol. The van der Waals surface area contributed by atoms with Gasteiger partial charge in [0, 0.05) is 22.6 Å². The van der Waals surface area contributed by atoms with E-state index in [1.54, 1.807) is 31.2 Å². The van der Waals surface area contributed by atoms with Gasteiger partial charge in [0.2, 0.25) is 21.8 Å². The van der Waals surface area contributed by atoms with E-state index in [1.807, 2.05) is 0 Å². The zero-order valence-corrected chi connectivity index (χ0v) is 22.6. The molecule has 0 aromatic heterocycles. The number of carbonyl (C=O) groups is 2. The zero-order chi connectivity index (χ0) is 25.8. The molecule has 0 radical (unpaired) electrons. The summed E-state index contributed by atoms with van der Waals surface area (Å²) >= 11 is 18.6. The Bertz CT molecular complexity index is 1190. The number of halogens is 3. The van der Waals surface area contributed by atoms with Crippen LogP contribution in [-0.2, 0) is 26.2 Å². The third kappa shape index (κ3) is 7.26. The van der Waals surface area contributed by atoms with Crippen LogP contribution in [0.15, 0.2) is 42.5 Å². The molecular formula is C24H28Cl3N3O4S. The molecule has 7 nitrogen and oxygen atoms in total. The predicted octanol–water partition coefficient (Wildman–Crippen LogP) is 4.89. The molecule has 0 bridgehead atoms. The topological polar surface area (TPSA) is 86.8 Å². The highest BCUT2D eigenvalue weighted by molar-refractivity contribution is 7.92. The van der Waals surface area contributed by atoms with Crippen LogP contribution in [0.3, 0.4) is 0 Å². The van der Waals surface area contributed by atoms with Crippen molar-refractivity contribution in [1.82, 2.24) is 10.2 Å². The lowest BCUT2D eigenvalue weighted by Gasteiger charge is -2.32. The number of nitrogens with one attached hydrogen (secondary N) is 1. The molecule has 1 N–H and O–H groups in total. The van der Waals surface area contributed by atoms with Gasteiger partial charge in [0.15, 0.2) is 0 Å². The highest BCUT2D eigenvalue weighted by atomic mass is 35.5. The fourth-order valence-electron chi connectivity index (χ4n) is 4.06. The summed E-state index contributed by atoms with van der Waals surface area (Å²) in [5.74, 6) is -0.885. The number of carbonyl (C=O) groups excluding carboxylic acids is 2. The van der Waals surface area contributed by atoms with Crippen LogP contribution >= 0.6 is 34.8 Å². The van der Waals surface area contributed by atoms with E-state index in [-0.39, 0.29) is 34.2 Å². The number of benzene rings is 2. The van der Waals surface area contributed by atoms with Crippen molar-refractivity contribution in [3.05, 3.63) is 63.1 Å². The second-order valence-corrected chi connectivity index (χ2v) is 11.8. The number of hydrogen-bond acceptors (Lipinski definition) is 4. The molecule has 2 aromatic rings. The Hall–Kier alpha value is -2.00. The maximum atomic E-state index is 13.6. The Morgan fingerprint density at radius 1 is 1.06 bits per heavy atom. The molecule has 35 heavy (non-hydrogen) atoms. The van der Waals surface area contributed by atoms with Crippen molar-refractivity contribution < 1.29 is 18.0 Å². The SMILES string of the molecule is CC(C(=O)NC1CCCC1)N(Cc1ccccc1Cl)C(=O)CN(c1cc(Cl)ccc1Cl)S(C)(=O)=O. The molecule has 1 aliphatic rings. The fourth-order valence-corrected chi connectivity index (χ4v) is 5.54. The average molecular weight is 561 g/mol. The van der Waals surface area contributed by atoms with Crippen molar-refractivity contribution in [3.8, 4) is 0 Å². The Balaban J connectivity index is 1.92. The smallest absolute Gasteiger partial charge is 0.244 e. The summed E-state index contributed by atoms with van der Waals surface area (Å²) in [5.41, 5.74) is 0.713. The molecule has 0 spiro atoms. The van der Waals surface area contributed by atoms with Crippen LogP contribution in [0.25, 0.3) is 0 Å². The van der Waals surface area contributed by atoms with Crippen molar-refractivity contribution in [2.45, 2.75) is 51.2 Å². The van der Waals surface area contributed by atoms with E-state index in [9.17, 15) is 18.0 Å². The van der Waals surface area contributed by atoms with Gasteiger partial charge in [-0.2, -0.15) is 0 Å². The Morgan fingerprint density at radius 3 is 2.34 bits per heavy atom. The number of amides is 2. The first-order chi connectivity index (χ1) is 16.5. The number of sulfonamides is 1. The number of hydrogen-bond donors (Lipinski definition) is 1. The standard InChI is InChI=1S/C24H28Cl3N3O4S/c1-16(24(32)28-19-8-4-5-9-19)29(14-17-7-3-6-10-20(17)26)23(31)15-30(35(2,33)34)22-13-18(25)11-12-21(22)27/h3,6-7,10-13,16,19H,4-5,8-9,14-15H2,1-2H3,(H,28,32). The molecule has 0 heterocycles. The van der Waals surface area contributed by atoms with E-state index >= 15 is 0 Å². The Labute approximate surface area is 221 Å². The van der Waals surface area contributed by atoms with Gasteiger partial charge in [0.1, 0.15) is 12.6 Å². The van der Waals surface area contributed by atoms with Crippen LogP contribution in [0.4, 0.5) is 5.69 Å². The van der Waals surface area contributed by atoms with E-state index < -0.39 is 28.5 Å². The predicted molar refractivity (Wildman–Crippen MR) is 141 cm³/mol. The minimum absolute atomic E-state index is 0.0264. The normalized spacial score (nSPS) is 15.0. The highest BCUT2D eigenvalue weighted by Gasteiger charge is 2.32. The quantitative estimate of drug-likeness (QED) is 0.473. The summed E-state index contributed by atoms with van der Waals surface area (Å²) in [6, 6.07) is 10.6. The molecule has 3 rings (SSSR count). The summed E-state index contributed by atoms with van der Waals surface area (Å²) in [6.07, 6.45) is 4.86. The van der Waals surface area contributed by atoms with Crippen LogP contribution in [0.1, 0.15) is 38.2 Å². The molecular weight excluding hydrogens is 533 g/mol. The molecule has 0 aliphatic heterocycles. The molecule has 0 saturated heterocycles. The van der Waals surface area contributed by atoms with Crippen molar-refractivity contribution in [1.29, 1.82) is 0 Å². The van der Waals surface area contributed by atoms with Crippen LogP contribution in [0.2, 0.25) is 15.1 Å². The van der Waals surface area contributed by atoms with E-state index in [0.717, 1.165) is 36.2 Å². The minimum atomic E-state index is -3.92.